The molecule has 104 valence electrons. The van der Waals surface area contributed by atoms with Crippen molar-refractivity contribution in [1.82, 2.24) is 10.2 Å². The van der Waals surface area contributed by atoms with Gasteiger partial charge in [0.1, 0.15) is 0 Å². The molecule has 5 heteroatoms. The number of fused-ring (bicyclic) bond motifs is 1. The molecule has 0 spiro atoms. The fraction of sp³-hybridized carbons (Fsp3) is 0.571. The van der Waals surface area contributed by atoms with Gasteiger partial charge in [0.2, 0.25) is 12.5 Å². The number of methoxy groups -OCH3 is 1. The standard InChI is InChI=1S/C14H20N2O3/c1-16(11-3-4-15-7-11)8-10-5-12(17-2)14-13(6-10)18-9-19-14/h5-6,11,15H,3-4,7-9H2,1-2H3. The van der Waals surface area contributed by atoms with Crippen LogP contribution in [0.1, 0.15) is 12.0 Å². The molecule has 0 aliphatic carbocycles. The van der Waals surface area contributed by atoms with Crippen molar-refractivity contribution in [3.8, 4) is 17.2 Å². The first-order valence-electron chi connectivity index (χ1n) is 6.65. The molecule has 2 aliphatic rings. The minimum atomic E-state index is 0.275. The number of nitrogens with zero attached hydrogens (tertiary/aromatic N) is 1. The molecule has 0 aromatic heterocycles. The molecular formula is C14H20N2O3. The van der Waals surface area contributed by atoms with Gasteiger partial charge in [-0.2, -0.15) is 0 Å². The van der Waals surface area contributed by atoms with Gasteiger partial charge >= 0.3 is 0 Å². The van der Waals surface area contributed by atoms with Crippen LogP contribution in [0.25, 0.3) is 0 Å². The molecule has 0 bridgehead atoms. The third-order valence-corrected chi connectivity index (χ3v) is 3.81. The van der Waals surface area contributed by atoms with E-state index in [1.807, 2.05) is 12.1 Å². The molecule has 1 fully saturated rings. The maximum absolute atomic E-state index is 5.46. The van der Waals surface area contributed by atoms with E-state index in [-0.39, 0.29) is 6.79 Å². The summed E-state index contributed by atoms with van der Waals surface area (Å²) in [5.41, 5.74) is 1.19. The van der Waals surface area contributed by atoms with Crippen molar-refractivity contribution in [3.63, 3.8) is 0 Å². The summed E-state index contributed by atoms with van der Waals surface area (Å²) in [6, 6.07) is 4.69. The molecule has 3 rings (SSSR count). The van der Waals surface area contributed by atoms with E-state index >= 15 is 0 Å². The first-order valence-corrected chi connectivity index (χ1v) is 6.65. The monoisotopic (exact) mass is 264 g/mol. The van der Waals surface area contributed by atoms with Crippen LogP contribution in [0.3, 0.4) is 0 Å². The second-order valence-electron chi connectivity index (χ2n) is 5.09. The Hall–Kier alpha value is -1.46. The highest BCUT2D eigenvalue weighted by atomic mass is 16.7. The molecule has 2 heterocycles. The molecule has 1 aromatic carbocycles. The summed E-state index contributed by atoms with van der Waals surface area (Å²) >= 11 is 0. The van der Waals surface area contributed by atoms with Crippen LogP contribution >= 0.6 is 0 Å². The molecule has 5 nitrogen and oxygen atoms in total. The summed E-state index contributed by atoms with van der Waals surface area (Å²) in [4.78, 5) is 2.37. The Bertz CT molecular complexity index is 458. The summed E-state index contributed by atoms with van der Waals surface area (Å²) in [7, 11) is 3.82. The molecule has 0 saturated carbocycles. The van der Waals surface area contributed by atoms with Gasteiger partial charge in [0, 0.05) is 19.1 Å². The summed E-state index contributed by atoms with van der Waals surface area (Å²) in [6.45, 7) is 3.34. The van der Waals surface area contributed by atoms with Gasteiger partial charge in [-0.15, -0.1) is 0 Å². The van der Waals surface area contributed by atoms with Crippen molar-refractivity contribution in [3.05, 3.63) is 17.7 Å². The Labute approximate surface area is 113 Å². The summed E-state index contributed by atoms with van der Waals surface area (Å²) < 4.78 is 16.2. The lowest BCUT2D eigenvalue weighted by Gasteiger charge is -2.23. The maximum atomic E-state index is 5.46. The average Bonchev–Trinajstić information content (AvgIpc) is 3.08. The smallest absolute Gasteiger partial charge is 0.231 e. The van der Waals surface area contributed by atoms with Gasteiger partial charge in [-0.1, -0.05) is 0 Å². The molecule has 1 atom stereocenters. The first-order chi connectivity index (χ1) is 9.28. The maximum Gasteiger partial charge on any atom is 0.231 e. The summed E-state index contributed by atoms with van der Waals surface area (Å²) in [5, 5.41) is 3.39. The fourth-order valence-electron chi connectivity index (χ4n) is 2.71. The van der Waals surface area contributed by atoms with Gasteiger partial charge in [-0.3, -0.25) is 4.90 Å². The average molecular weight is 264 g/mol. The Morgan fingerprint density at radius 1 is 1.42 bits per heavy atom. The Kier molecular flexibility index (Phi) is 3.48. The summed E-state index contributed by atoms with van der Waals surface area (Å²) in [6.07, 6.45) is 1.21. The normalized spacial score (nSPS) is 21.1. The molecule has 1 N–H and O–H groups in total. The Morgan fingerprint density at radius 2 is 2.32 bits per heavy atom. The van der Waals surface area contributed by atoms with Gasteiger partial charge < -0.3 is 19.5 Å². The number of rotatable bonds is 4. The zero-order chi connectivity index (χ0) is 13.2. The third-order valence-electron chi connectivity index (χ3n) is 3.81. The van der Waals surface area contributed by atoms with Gasteiger partial charge in [-0.05, 0) is 37.7 Å². The van der Waals surface area contributed by atoms with Crippen LogP contribution in [0.15, 0.2) is 12.1 Å². The van der Waals surface area contributed by atoms with E-state index in [2.05, 4.69) is 17.3 Å². The summed E-state index contributed by atoms with van der Waals surface area (Å²) in [5.74, 6) is 2.26. The molecule has 0 amide bonds. The van der Waals surface area contributed by atoms with Crippen LogP contribution in [0, 0.1) is 0 Å². The van der Waals surface area contributed by atoms with Gasteiger partial charge in [0.15, 0.2) is 11.5 Å². The lowest BCUT2D eigenvalue weighted by atomic mass is 10.1. The number of likely N-dealkylation sites (N-methyl/N-ethyl adjacent to an activating group) is 1. The van der Waals surface area contributed by atoms with Crippen molar-refractivity contribution in [2.24, 2.45) is 0 Å². The zero-order valence-electron chi connectivity index (χ0n) is 11.4. The second kappa shape index (κ2) is 5.27. The third kappa shape index (κ3) is 2.48. The van der Waals surface area contributed by atoms with E-state index in [1.54, 1.807) is 7.11 Å². The first kappa shape index (κ1) is 12.6. The van der Waals surface area contributed by atoms with Crippen molar-refractivity contribution in [1.29, 1.82) is 0 Å². The van der Waals surface area contributed by atoms with Crippen LogP contribution in [0.5, 0.6) is 17.2 Å². The number of hydrogen-bond donors (Lipinski definition) is 1. The number of hydrogen-bond acceptors (Lipinski definition) is 5. The van der Waals surface area contributed by atoms with E-state index in [0.29, 0.717) is 6.04 Å². The highest BCUT2D eigenvalue weighted by Crippen LogP contribution is 2.42. The van der Waals surface area contributed by atoms with Crippen molar-refractivity contribution in [2.75, 3.05) is 34.0 Å². The molecule has 0 radical (unpaired) electrons. The lowest BCUT2D eigenvalue weighted by molar-refractivity contribution is 0.171. The van der Waals surface area contributed by atoms with Crippen LogP contribution in [0.4, 0.5) is 0 Å². The molecule has 2 aliphatic heterocycles. The quantitative estimate of drug-likeness (QED) is 0.885. The van der Waals surface area contributed by atoms with E-state index in [0.717, 1.165) is 36.9 Å². The molecule has 1 saturated heterocycles. The molecule has 19 heavy (non-hydrogen) atoms. The second-order valence-corrected chi connectivity index (χ2v) is 5.09. The van der Waals surface area contributed by atoms with Crippen LogP contribution in [-0.2, 0) is 6.54 Å². The van der Waals surface area contributed by atoms with Crippen LogP contribution < -0.4 is 19.5 Å². The van der Waals surface area contributed by atoms with Crippen molar-refractivity contribution < 1.29 is 14.2 Å². The fourth-order valence-corrected chi connectivity index (χ4v) is 2.71. The minimum Gasteiger partial charge on any atom is -0.493 e. The number of ether oxygens (including phenoxy) is 3. The molecular weight excluding hydrogens is 244 g/mol. The van der Waals surface area contributed by atoms with Crippen molar-refractivity contribution >= 4 is 0 Å². The van der Waals surface area contributed by atoms with Gasteiger partial charge in [-0.25, -0.2) is 0 Å². The number of benzene rings is 1. The van der Waals surface area contributed by atoms with Crippen molar-refractivity contribution in [2.45, 2.75) is 19.0 Å². The van der Waals surface area contributed by atoms with E-state index < -0.39 is 0 Å². The predicted octanol–water partition coefficient (Wildman–Crippen LogP) is 1.22. The largest absolute Gasteiger partial charge is 0.493 e. The van der Waals surface area contributed by atoms with E-state index in [4.69, 9.17) is 14.2 Å². The molecule has 1 unspecified atom stereocenters. The van der Waals surface area contributed by atoms with Crippen LogP contribution in [0.2, 0.25) is 0 Å². The Morgan fingerprint density at radius 3 is 3.05 bits per heavy atom. The topological polar surface area (TPSA) is 43.0 Å². The van der Waals surface area contributed by atoms with E-state index in [1.165, 1.54) is 12.0 Å². The lowest BCUT2D eigenvalue weighted by Crippen LogP contribution is -2.32. The highest BCUT2D eigenvalue weighted by Gasteiger charge is 2.23. The zero-order valence-corrected chi connectivity index (χ0v) is 11.4. The minimum absolute atomic E-state index is 0.275. The van der Waals surface area contributed by atoms with E-state index in [9.17, 15) is 0 Å². The predicted molar refractivity (Wildman–Crippen MR) is 71.9 cm³/mol. The highest BCUT2D eigenvalue weighted by molar-refractivity contribution is 5.55. The number of nitrogens with one attached hydrogen (secondary N) is 1. The SMILES string of the molecule is COc1cc(CN(C)C2CCNC2)cc2c1OCO2. The molecule has 1 aromatic rings. The van der Waals surface area contributed by atoms with Crippen LogP contribution in [-0.4, -0.2) is 45.0 Å². The Balaban J connectivity index is 1.77. The van der Waals surface area contributed by atoms with Gasteiger partial charge in [0.05, 0.1) is 7.11 Å². The van der Waals surface area contributed by atoms with Gasteiger partial charge in [0.25, 0.3) is 0 Å².